The number of rotatable bonds is 8. The maximum absolute atomic E-state index is 13.2. The van der Waals surface area contributed by atoms with E-state index in [1.807, 2.05) is 24.3 Å². The average Bonchev–Trinajstić information content (AvgIpc) is 3.33. The first-order chi connectivity index (χ1) is 17.4. The van der Waals surface area contributed by atoms with Gasteiger partial charge in [0.05, 0.1) is 25.0 Å². The highest BCUT2D eigenvalue weighted by atomic mass is 32.1. The number of urea groups is 1. The molecular weight excluding hydrogens is 483 g/mol. The van der Waals surface area contributed by atoms with Gasteiger partial charge in [0.15, 0.2) is 10.8 Å². The van der Waals surface area contributed by atoms with Crippen LogP contribution < -0.4 is 15.4 Å². The van der Waals surface area contributed by atoms with Gasteiger partial charge < -0.3 is 15.0 Å². The zero-order valence-electron chi connectivity index (χ0n) is 19.6. The molecule has 0 radical (unpaired) electrons. The summed E-state index contributed by atoms with van der Waals surface area (Å²) in [6.45, 7) is 0.404. The SMILES string of the molecule is COc1ccc(-c2ccc(C(=O)N(C)Cc3csc(NC(=O)NCc4cccc(F)c4)n3)nn2)cc1. The van der Waals surface area contributed by atoms with Crippen LogP contribution in [0.3, 0.4) is 0 Å². The number of ether oxygens (including phenoxy) is 1. The van der Waals surface area contributed by atoms with E-state index in [9.17, 15) is 14.0 Å². The molecule has 0 saturated heterocycles. The highest BCUT2D eigenvalue weighted by Gasteiger charge is 2.16. The summed E-state index contributed by atoms with van der Waals surface area (Å²) in [7, 11) is 3.24. The van der Waals surface area contributed by atoms with Crippen LogP contribution in [0.4, 0.5) is 14.3 Å². The van der Waals surface area contributed by atoms with E-state index in [0.717, 1.165) is 11.3 Å². The van der Waals surface area contributed by atoms with Gasteiger partial charge in [-0.2, -0.15) is 0 Å². The van der Waals surface area contributed by atoms with Crippen LogP contribution in [0.1, 0.15) is 21.7 Å². The summed E-state index contributed by atoms with van der Waals surface area (Å²) in [6, 6.07) is 16.3. The van der Waals surface area contributed by atoms with E-state index in [-0.39, 0.29) is 30.5 Å². The third-order valence-electron chi connectivity index (χ3n) is 5.13. The van der Waals surface area contributed by atoms with Crippen LogP contribution in [-0.4, -0.2) is 46.2 Å². The van der Waals surface area contributed by atoms with Crippen LogP contribution in [0.2, 0.25) is 0 Å². The van der Waals surface area contributed by atoms with Crippen molar-refractivity contribution in [1.29, 1.82) is 0 Å². The van der Waals surface area contributed by atoms with E-state index in [1.54, 1.807) is 43.8 Å². The molecule has 4 aromatic rings. The molecule has 0 atom stereocenters. The normalized spacial score (nSPS) is 10.5. The van der Waals surface area contributed by atoms with Gasteiger partial charge in [-0.25, -0.2) is 14.2 Å². The van der Waals surface area contributed by atoms with Gasteiger partial charge >= 0.3 is 6.03 Å². The van der Waals surface area contributed by atoms with Crippen molar-refractivity contribution in [2.24, 2.45) is 0 Å². The van der Waals surface area contributed by atoms with Gasteiger partial charge in [-0.05, 0) is 54.1 Å². The van der Waals surface area contributed by atoms with E-state index in [1.165, 1.54) is 28.4 Å². The molecule has 3 amide bonds. The van der Waals surface area contributed by atoms with Crippen LogP contribution in [0.5, 0.6) is 5.75 Å². The Morgan fingerprint density at radius 3 is 2.58 bits per heavy atom. The van der Waals surface area contributed by atoms with Gasteiger partial charge in [0.1, 0.15) is 11.6 Å². The Morgan fingerprint density at radius 1 is 1.08 bits per heavy atom. The molecule has 0 unspecified atom stereocenters. The topological polar surface area (TPSA) is 109 Å². The number of halogens is 1. The number of carbonyl (C=O) groups excluding carboxylic acids is 2. The van der Waals surface area contributed by atoms with Crippen LogP contribution >= 0.6 is 11.3 Å². The van der Waals surface area contributed by atoms with Crippen molar-refractivity contribution >= 4 is 28.4 Å². The molecule has 0 spiro atoms. The summed E-state index contributed by atoms with van der Waals surface area (Å²) in [5.74, 6) is 0.0706. The second kappa shape index (κ2) is 11.4. The Hall–Kier alpha value is -4.38. The molecule has 0 fully saturated rings. The summed E-state index contributed by atoms with van der Waals surface area (Å²) in [6.07, 6.45) is 0. The molecule has 36 heavy (non-hydrogen) atoms. The maximum Gasteiger partial charge on any atom is 0.321 e. The Kier molecular flexibility index (Phi) is 7.81. The van der Waals surface area contributed by atoms with Crippen molar-refractivity contribution in [2.45, 2.75) is 13.1 Å². The predicted molar refractivity (Wildman–Crippen MR) is 134 cm³/mol. The molecule has 184 valence electrons. The van der Waals surface area contributed by atoms with Gasteiger partial charge in [-0.15, -0.1) is 21.5 Å². The van der Waals surface area contributed by atoms with Gasteiger partial charge in [0.2, 0.25) is 0 Å². The lowest BCUT2D eigenvalue weighted by molar-refractivity contribution is 0.0776. The third-order valence-corrected chi connectivity index (χ3v) is 5.94. The summed E-state index contributed by atoms with van der Waals surface area (Å²) in [5.41, 5.74) is 2.96. The number of carbonyl (C=O) groups is 2. The van der Waals surface area contributed by atoms with Crippen LogP contribution in [0, 0.1) is 5.82 Å². The van der Waals surface area contributed by atoms with Crippen molar-refractivity contribution in [2.75, 3.05) is 19.5 Å². The molecule has 0 aliphatic heterocycles. The highest BCUT2D eigenvalue weighted by Crippen LogP contribution is 2.21. The number of hydrogen-bond donors (Lipinski definition) is 2. The lowest BCUT2D eigenvalue weighted by Gasteiger charge is -2.15. The Labute approximate surface area is 211 Å². The number of amides is 3. The van der Waals surface area contributed by atoms with E-state index in [2.05, 4.69) is 25.8 Å². The van der Waals surface area contributed by atoms with Gasteiger partial charge in [0, 0.05) is 24.5 Å². The molecule has 0 bridgehead atoms. The number of aromatic nitrogens is 3. The number of thiazole rings is 1. The number of nitrogens with one attached hydrogen (secondary N) is 2. The fraction of sp³-hybridized carbons (Fsp3) is 0.160. The van der Waals surface area contributed by atoms with Gasteiger partial charge in [-0.1, -0.05) is 12.1 Å². The fourth-order valence-corrected chi connectivity index (χ4v) is 3.98. The largest absolute Gasteiger partial charge is 0.497 e. The van der Waals surface area contributed by atoms with Gasteiger partial charge in [-0.3, -0.25) is 10.1 Å². The van der Waals surface area contributed by atoms with Crippen molar-refractivity contribution < 1.29 is 18.7 Å². The lowest BCUT2D eigenvalue weighted by Crippen LogP contribution is -2.28. The number of benzene rings is 2. The van der Waals surface area contributed by atoms with E-state index >= 15 is 0 Å². The number of anilines is 1. The smallest absolute Gasteiger partial charge is 0.321 e. The maximum atomic E-state index is 13.2. The monoisotopic (exact) mass is 506 g/mol. The molecule has 9 nitrogen and oxygen atoms in total. The minimum absolute atomic E-state index is 0.178. The number of hydrogen-bond acceptors (Lipinski definition) is 7. The second-order valence-corrected chi connectivity index (χ2v) is 8.63. The minimum Gasteiger partial charge on any atom is -0.497 e. The second-order valence-electron chi connectivity index (χ2n) is 7.78. The first-order valence-electron chi connectivity index (χ1n) is 10.9. The fourth-order valence-electron chi connectivity index (χ4n) is 3.28. The van der Waals surface area contributed by atoms with Crippen molar-refractivity contribution in [1.82, 2.24) is 25.4 Å². The summed E-state index contributed by atoms with van der Waals surface area (Å²) >= 11 is 1.24. The van der Waals surface area contributed by atoms with E-state index in [4.69, 9.17) is 4.74 Å². The number of nitrogens with zero attached hydrogens (tertiary/aromatic N) is 4. The Bertz CT molecular complexity index is 1340. The van der Waals surface area contributed by atoms with E-state index in [0.29, 0.717) is 22.1 Å². The molecule has 2 N–H and O–H groups in total. The molecular formula is C25H23FN6O3S. The molecule has 2 aromatic heterocycles. The minimum atomic E-state index is -0.461. The highest BCUT2D eigenvalue weighted by molar-refractivity contribution is 7.13. The molecule has 2 heterocycles. The predicted octanol–water partition coefficient (Wildman–Crippen LogP) is 4.34. The summed E-state index contributed by atoms with van der Waals surface area (Å²) in [4.78, 5) is 30.7. The average molecular weight is 507 g/mol. The van der Waals surface area contributed by atoms with Crippen LogP contribution in [-0.2, 0) is 13.1 Å². The molecule has 11 heteroatoms. The van der Waals surface area contributed by atoms with Gasteiger partial charge in [0.25, 0.3) is 5.91 Å². The zero-order chi connectivity index (χ0) is 25.5. The van der Waals surface area contributed by atoms with Crippen molar-refractivity contribution in [3.63, 3.8) is 0 Å². The quantitative estimate of drug-likeness (QED) is 0.368. The lowest BCUT2D eigenvalue weighted by atomic mass is 10.1. The first kappa shape index (κ1) is 24.7. The van der Waals surface area contributed by atoms with Crippen molar-refractivity contribution in [3.8, 4) is 17.0 Å². The van der Waals surface area contributed by atoms with Crippen LogP contribution in [0.25, 0.3) is 11.3 Å². The summed E-state index contributed by atoms with van der Waals surface area (Å²) < 4.78 is 18.4. The molecule has 0 aliphatic rings. The Morgan fingerprint density at radius 2 is 1.89 bits per heavy atom. The standard InChI is InChI=1S/C25H23FN6O3S/c1-32(23(33)22-11-10-21(30-31-22)17-6-8-20(35-2)9-7-17)14-19-15-36-25(28-19)29-24(34)27-13-16-4-3-5-18(26)12-16/h3-12,15H,13-14H2,1-2H3,(H2,27,28,29,34). The zero-order valence-corrected chi connectivity index (χ0v) is 20.4. The molecule has 4 rings (SSSR count). The molecule has 2 aromatic carbocycles. The number of methoxy groups -OCH3 is 1. The Balaban J connectivity index is 1.29. The van der Waals surface area contributed by atoms with Crippen molar-refractivity contribution in [3.05, 3.63) is 88.8 Å². The first-order valence-corrected chi connectivity index (χ1v) is 11.8. The molecule has 0 aliphatic carbocycles. The van der Waals surface area contributed by atoms with E-state index < -0.39 is 6.03 Å². The van der Waals surface area contributed by atoms with Crippen LogP contribution in [0.15, 0.2) is 66.0 Å². The summed E-state index contributed by atoms with van der Waals surface area (Å²) in [5, 5.41) is 15.7. The molecule has 0 saturated carbocycles. The third kappa shape index (κ3) is 6.39.